The number of ether oxygens (including phenoxy) is 2. The number of rotatable bonds is 5. The first-order valence-electron chi connectivity index (χ1n) is 8.32. The standard InChI is InChI=1S/C20H22N2O4/c1-13-10-16(25-3)17(26-4)11-14(13)12-22-18(23)20(2,21-19(22)24)15-8-6-5-7-9-15/h5-11H,12H2,1-4H3,(H,21,24)/t20-/m1/s1. The van der Waals surface area contributed by atoms with E-state index in [1.54, 1.807) is 27.2 Å². The monoisotopic (exact) mass is 354 g/mol. The Kier molecular flexibility index (Phi) is 4.59. The van der Waals surface area contributed by atoms with Crippen LogP contribution in [0, 0.1) is 6.92 Å². The summed E-state index contributed by atoms with van der Waals surface area (Å²) >= 11 is 0. The second kappa shape index (κ2) is 6.71. The summed E-state index contributed by atoms with van der Waals surface area (Å²) in [6.07, 6.45) is 0. The number of aryl methyl sites for hydroxylation is 1. The summed E-state index contributed by atoms with van der Waals surface area (Å²) in [5, 5.41) is 2.82. The molecule has 1 N–H and O–H groups in total. The Morgan fingerprint density at radius 2 is 1.65 bits per heavy atom. The van der Waals surface area contributed by atoms with Crippen LogP contribution in [0.4, 0.5) is 4.79 Å². The van der Waals surface area contributed by atoms with Crippen molar-refractivity contribution in [3.05, 3.63) is 59.2 Å². The van der Waals surface area contributed by atoms with Crippen molar-refractivity contribution >= 4 is 11.9 Å². The molecule has 3 rings (SSSR count). The lowest BCUT2D eigenvalue weighted by Gasteiger charge is -2.22. The summed E-state index contributed by atoms with van der Waals surface area (Å²) in [7, 11) is 3.12. The minimum atomic E-state index is -1.07. The van der Waals surface area contributed by atoms with E-state index in [1.807, 2.05) is 43.3 Å². The highest BCUT2D eigenvalue weighted by molar-refractivity contribution is 6.07. The number of benzene rings is 2. The lowest BCUT2D eigenvalue weighted by atomic mass is 9.92. The molecule has 3 amide bonds. The van der Waals surface area contributed by atoms with Gasteiger partial charge in [0.05, 0.1) is 20.8 Å². The SMILES string of the molecule is COc1cc(C)c(CN2C(=O)N[C@](C)(c3ccccc3)C2=O)cc1OC. The molecule has 1 saturated heterocycles. The maximum atomic E-state index is 13.0. The van der Waals surface area contributed by atoms with E-state index in [1.165, 1.54) is 4.90 Å². The molecule has 136 valence electrons. The largest absolute Gasteiger partial charge is 0.493 e. The number of urea groups is 1. The first-order valence-corrected chi connectivity index (χ1v) is 8.32. The number of carbonyl (C=O) groups excluding carboxylic acids is 2. The van der Waals surface area contributed by atoms with Gasteiger partial charge in [0.25, 0.3) is 5.91 Å². The molecular weight excluding hydrogens is 332 g/mol. The molecule has 0 aliphatic carbocycles. The van der Waals surface area contributed by atoms with E-state index >= 15 is 0 Å². The van der Waals surface area contributed by atoms with Crippen molar-refractivity contribution in [3.8, 4) is 11.5 Å². The quantitative estimate of drug-likeness (QED) is 0.838. The summed E-state index contributed by atoms with van der Waals surface area (Å²) in [5.74, 6) is 0.897. The highest BCUT2D eigenvalue weighted by atomic mass is 16.5. The molecule has 1 fully saturated rings. The molecule has 0 radical (unpaired) electrons. The van der Waals surface area contributed by atoms with Crippen LogP contribution >= 0.6 is 0 Å². The van der Waals surface area contributed by atoms with Crippen molar-refractivity contribution < 1.29 is 19.1 Å². The fraction of sp³-hybridized carbons (Fsp3) is 0.300. The third-order valence-electron chi connectivity index (χ3n) is 4.80. The lowest BCUT2D eigenvalue weighted by Crippen LogP contribution is -2.40. The number of carbonyl (C=O) groups is 2. The second-order valence-corrected chi connectivity index (χ2v) is 6.45. The summed E-state index contributed by atoms with van der Waals surface area (Å²) in [4.78, 5) is 26.8. The van der Waals surface area contributed by atoms with Crippen molar-refractivity contribution in [1.82, 2.24) is 10.2 Å². The molecule has 1 aliphatic heterocycles. The van der Waals surface area contributed by atoms with Gasteiger partial charge in [-0.3, -0.25) is 9.69 Å². The normalized spacial score (nSPS) is 19.5. The average Bonchev–Trinajstić information content (AvgIpc) is 2.87. The van der Waals surface area contributed by atoms with E-state index in [0.717, 1.165) is 16.7 Å². The molecule has 6 nitrogen and oxygen atoms in total. The maximum Gasteiger partial charge on any atom is 0.325 e. The van der Waals surface area contributed by atoms with E-state index < -0.39 is 11.6 Å². The fourth-order valence-corrected chi connectivity index (χ4v) is 3.17. The first-order chi connectivity index (χ1) is 12.4. The molecule has 6 heteroatoms. The predicted molar refractivity (Wildman–Crippen MR) is 97.2 cm³/mol. The van der Waals surface area contributed by atoms with Crippen LogP contribution in [0.15, 0.2) is 42.5 Å². The Hall–Kier alpha value is -3.02. The van der Waals surface area contributed by atoms with Crippen LogP contribution in [0.3, 0.4) is 0 Å². The van der Waals surface area contributed by atoms with Gasteiger partial charge >= 0.3 is 6.03 Å². The van der Waals surface area contributed by atoms with Crippen LogP contribution in [0.2, 0.25) is 0 Å². The molecule has 0 unspecified atom stereocenters. The number of methoxy groups -OCH3 is 2. The van der Waals surface area contributed by atoms with Gasteiger partial charge in [0.1, 0.15) is 5.54 Å². The minimum absolute atomic E-state index is 0.166. The van der Waals surface area contributed by atoms with Crippen molar-refractivity contribution in [3.63, 3.8) is 0 Å². The van der Waals surface area contributed by atoms with Gasteiger partial charge in [0.2, 0.25) is 0 Å². The van der Waals surface area contributed by atoms with E-state index in [9.17, 15) is 9.59 Å². The Labute approximate surface area is 152 Å². The van der Waals surface area contributed by atoms with Gasteiger partial charge in [0, 0.05) is 0 Å². The summed E-state index contributed by atoms with van der Waals surface area (Å²) < 4.78 is 10.6. The van der Waals surface area contributed by atoms with Crippen LogP contribution in [0.5, 0.6) is 11.5 Å². The van der Waals surface area contributed by atoms with Crippen LogP contribution in [-0.2, 0) is 16.9 Å². The molecule has 1 aliphatic rings. The van der Waals surface area contributed by atoms with Crippen LogP contribution in [-0.4, -0.2) is 31.1 Å². The van der Waals surface area contributed by atoms with Crippen molar-refractivity contribution in [1.29, 1.82) is 0 Å². The minimum Gasteiger partial charge on any atom is -0.493 e. The molecule has 0 saturated carbocycles. The molecule has 0 aromatic heterocycles. The van der Waals surface area contributed by atoms with Gasteiger partial charge in [-0.25, -0.2) is 4.79 Å². The Morgan fingerprint density at radius 3 is 2.27 bits per heavy atom. The van der Waals surface area contributed by atoms with Crippen molar-refractivity contribution in [2.24, 2.45) is 0 Å². The number of nitrogens with zero attached hydrogens (tertiary/aromatic N) is 1. The van der Waals surface area contributed by atoms with Crippen LogP contribution < -0.4 is 14.8 Å². The average molecular weight is 354 g/mol. The topological polar surface area (TPSA) is 67.9 Å². The highest BCUT2D eigenvalue weighted by Crippen LogP contribution is 2.33. The van der Waals surface area contributed by atoms with E-state index in [2.05, 4.69) is 5.32 Å². The number of hydrogen-bond donors (Lipinski definition) is 1. The highest BCUT2D eigenvalue weighted by Gasteiger charge is 2.48. The zero-order valence-corrected chi connectivity index (χ0v) is 15.3. The van der Waals surface area contributed by atoms with Crippen LogP contribution in [0.1, 0.15) is 23.6 Å². The van der Waals surface area contributed by atoms with Gasteiger partial charge < -0.3 is 14.8 Å². The second-order valence-electron chi connectivity index (χ2n) is 6.45. The molecule has 1 heterocycles. The summed E-state index contributed by atoms with van der Waals surface area (Å²) in [5.41, 5.74) is 1.42. The molecule has 0 spiro atoms. The fourth-order valence-electron chi connectivity index (χ4n) is 3.17. The molecular formula is C20H22N2O4. The van der Waals surface area contributed by atoms with Gasteiger partial charge in [0.15, 0.2) is 11.5 Å². The molecule has 1 atom stereocenters. The van der Waals surface area contributed by atoms with Gasteiger partial charge in [-0.2, -0.15) is 0 Å². The smallest absolute Gasteiger partial charge is 0.325 e. The van der Waals surface area contributed by atoms with Crippen molar-refractivity contribution in [2.45, 2.75) is 25.9 Å². The third-order valence-corrected chi connectivity index (χ3v) is 4.80. The Balaban J connectivity index is 1.92. The van der Waals surface area contributed by atoms with Gasteiger partial charge in [-0.15, -0.1) is 0 Å². The summed E-state index contributed by atoms with van der Waals surface area (Å²) in [6.45, 7) is 3.80. The van der Waals surface area contributed by atoms with E-state index in [4.69, 9.17) is 9.47 Å². The zero-order valence-electron chi connectivity index (χ0n) is 15.3. The molecule has 2 aromatic carbocycles. The van der Waals surface area contributed by atoms with Crippen LogP contribution in [0.25, 0.3) is 0 Å². The van der Waals surface area contributed by atoms with E-state index in [-0.39, 0.29) is 12.5 Å². The number of amides is 3. The Morgan fingerprint density at radius 1 is 1.04 bits per heavy atom. The zero-order chi connectivity index (χ0) is 18.9. The number of imide groups is 1. The first kappa shape index (κ1) is 17.8. The predicted octanol–water partition coefficient (Wildman–Crippen LogP) is 2.98. The van der Waals surface area contributed by atoms with Gasteiger partial charge in [-0.1, -0.05) is 30.3 Å². The molecule has 0 bridgehead atoms. The molecule has 2 aromatic rings. The Bertz CT molecular complexity index is 850. The van der Waals surface area contributed by atoms with Gasteiger partial charge in [-0.05, 0) is 42.7 Å². The van der Waals surface area contributed by atoms with E-state index in [0.29, 0.717) is 11.5 Å². The summed E-state index contributed by atoms with van der Waals surface area (Å²) in [6, 6.07) is 12.5. The maximum absolute atomic E-state index is 13.0. The molecule has 26 heavy (non-hydrogen) atoms. The lowest BCUT2D eigenvalue weighted by molar-refractivity contribution is -0.131. The number of nitrogens with one attached hydrogen (secondary N) is 1. The third kappa shape index (κ3) is 2.87. The van der Waals surface area contributed by atoms with Crippen molar-refractivity contribution in [2.75, 3.05) is 14.2 Å². The number of hydrogen-bond acceptors (Lipinski definition) is 4.